The minimum atomic E-state index is -3.49. The number of rotatable bonds is 6. The molecule has 0 unspecified atom stereocenters. The normalized spacial score (nSPS) is 15.2. The van der Waals surface area contributed by atoms with E-state index in [4.69, 9.17) is 9.47 Å². The number of nitrogens with one attached hydrogen (secondary N) is 1. The lowest BCUT2D eigenvalue weighted by molar-refractivity contribution is 0.0730. The van der Waals surface area contributed by atoms with Gasteiger partial charge in [0.15, 0.2) is 5.13 Å². The highest BCUT2D eigenvalue weighted by molar-refractivity contribution is 7.89. The SMILES string of the molecule is COc1cccc(Nc2nc(-c3ccc(S(=O)(=O)N4CCOCC4)cc3)cs2)c1. The highest BCUT2D eigenvalue weighted by Gasteiger charge is 2.26. The molecule has 1 aliphatic rings. The van der Waals surface area contributed by atoms with Crippen LogP contribution < -0.4 is 10.1 Å². The van der Waals surface area contributed by atoms with E-state index in [1.807, 2.05) is 29.6 Å². The molecule has 0 radical (unpaired) electrons. The molecule has 0 spiro atoms. The molecule has 0 bridgehead atoms. The number of thiazole rings is 1. The third kappa shape index (κ3) is 4.43. The first-order valence-electron chi connectivity index (χ1n) is 9.11. The van der Waals surface area contributed by atoms with Crippen LogP contribution in [0.3, 0.4) is 0 Å². The predicted octanol–water partition coefficient (Wildman–Crippen LogP) is 3.58. The first-order chi connectivity index (χ1) is 14.1. The van der Waals surface area contributed by atoms with Crippen LogP contribution in [0.5, 0.6) is 5.75 Å². The minimum Gasteiger partial charge on any atom is -0.497 e. The largest absolute Gasteiger partial charge is 0.497 e. The second-order valence-corrected chi connectivity index (χ2v) is 9.23. The number of benzene rings is 2. The van der Waals surface area contributed by atoms with Gasteiger partial charge in [-0.1, -0.05) is 18.2 Å². The van der Waals surface area contributed by atoms with Gasteiger partial charge in [-0.2, -0.15) is 4.31 Å². The number of hydrogen-bond acceptors (Lipinski definition) is 7. The molecule has 1 aliphatic heterocycles. The van der Waals surface area contributed by atoms with Crippen molar-refractivity contribution in [2.24, 2.45) is 0 Å². The summed E-state index contributed by atoms with van der Waals surface area (Å²) in [5.41, 5.74) is 2.54. The topological polar surface area (TPSA) is 80.8 Å². The number of sulfonamides is 1. The zero-order valence-corrected chi connectivity index (χ0v) is 17.5. The third-order valence-electron chi connectivity index (χ3n) is 4.58. The van der Waals surface area contributed by atoms with Gasteiger partial charge in [-0.05, 0) is 24.3 Å². The summed E-state index contributed by atoms with van der Waals surface area (Å²) in [6.45, 7) is 1.63. The van der Waals surface area contributed by atoms with E-state index in [2.05, 4.69) is 10.3 Å². The van der Waals surface area contributed by atoms with E-state index in [1.165, 1.54) is 15.6 Å². The summed E-state index contributed by atoms with van der Waals surface area (Å²) in [6.07, 6.45) is 0. The molecule has 4 rings (SSSR count). The fourth-order valence-electron chi connectivity index (χ4n) is 3.02. The van der Waals surface area contributed by atoms with E-state index >= 15 is 0 Å². The van der Waals surface area contributed by atoms with E-state index in [1.54, 1.807) is 31.4 Å². The van der Waals surface area contributed by atoms with E-state index in [9.17, 15) is 8.42 Å². The van der Waals surface area contributed by atoms with Crippen LogP contribution in [-0.2, 0) is 14.8 Å². The lowest BCUT2D eigenvalue weighted by Gasteiger charge is -2.26. The summed E-state index contributed by atoms with van der Waals surface area (Å²) in [5.74, 6) is 0.767. The molecule has 7 nitrogen and oxygen atoms in total. The van der Waals surface area contributed by atoms with Crippen LogP contribution in [0.1, 0.15) is 0 Å². The first-order valence-corrected chi connectivity index (χ1v) is 11.4. The smallest absolute Gasteiger partial charge is 0.243 e. The molecule has 0 aliphatic carbocycles. The van der Waals surface area contributed by atoms with Crippen molar-refractivity contribution in [2.75, 3.05) is 38.7 Å². The lowest BCUT2D eigenvalue weighted by Crippen LogP contribution is -2.40. The third-order valence-corrected chi connectivity index (χ3v) is 7.25. The van der Waals surface area contributed by atoms with Crippen LogP contribution in [0.15, 0.2) is 58.8 Å². The standard InChI is InChI=1S/C20H21N3O4S2/c1-26-17-4-2-3-16(13-17)21-20-22-19(14-28-20)15-5-7-18(8-6-15)29(24,25)23-9-11-27-12-10-23/h2-8,13-14H,9-12H2,1H3,(H,21,22). The summed E-state index contributed by atoms with van der Waals surface area (Å²) in [4.78, 5) is 4.89. The number of hydrogen-bond donors (Lipinski definition) is 1. The van der Waals surface area contributed by atoms with Crippen molar-refractivity contribution in [3.05, 3.63) is 53.9 Å². The van der Waals surface area contributed by atoms with Gasteiger partial charge in [0.1, 0.15) is 5.75 Å². The van der Waals surface area contributed by atoms with Gasteiger partial charge in [0.25, 0.3) is 0 Å². The average Bonchev–Trinajstić information content (AvgIpc) is 3.23. The predicted molar refractivity (Wildman–Crippen MR) is 113 cm³/mol. The number of aromatic nitrogens is 1. The van der Waals surface area contributed by atoms with Crippen molar-refractivity contribution < 1.29 is 17.9 Å². The summed E-state index contributed by atoms with van der Waals surface area (Å²) >= 11 is 1.48. The van der Waals surface area contributed by atoms with Gasteiger partial charge in [-0.25, -0.2) is 13.4 Å². The lowest BCUT2D eigenvalue weighted by atomic mass is 10.2. The number of morpholine rings is 1. The Bertz CT molecular complexity index is 1080. The second-order valence-electron chi connectivity index (χ2n) is 6.44. The Kier molecular flexibility index (Phi) is 5.81. The Morgan fingerprint density at radius 3 is 2.62 bits per heavy atom. The van der Waals surface area contributed by atoms with Crippen LogP contribution in [0.25, 0.3) is 11.3 Å². The fraction of sp³-hybridized carbons (Fsp3) is 0.250. The number of methoxy groups -OCH3 is 1. The van der Waals surface area contributed by atoms with Crippen molar-refractivity contribution >= 4 is 32.2 Å². The second kappa shape index (κ2) is 8.50. The zero-order chi connectivity index (χ0) is 20.3. The maximum atomic E-state index is 12.7. The molecule has 0 saturated carbocycles. The van der Waals surface area contributed by atoms with Crippen LogP contribution >= 0.6 is 11.3 Å². The van der Waals surface area contributed by atoms with E-state index in [-0.39, 0.29) is 4.90 Å². The van der Waals surface area contributed by atoms with Gasteiger partial charge in [-0.3, -0.25) is 0 Å². The molecule has 0 amide bonds. The highest BCUT2D eigenvalue weighted by atomic mass is 32.2. The summed E-state index contributed by atoms with van der Waals surface area (Å²) in [5, 5.41) is 5.95. The van der Waals surface area contributed by atoms with E-state index in [0.29, 0.717) is 26.3 Å². The molecule has 2 aromatic carbocycles. The average molecular weight is 432 g/mol. The van der Waals surface area contributed by atoms with Crippen LogP contribution in [0.4, 0.5) is 10.8 Å². The van der Waals surface area contributed by atoms with Gasteiger partial charge in [-0.15, -0.1) is 11.3 Å². The molecular weight excluding hydrogens is 410 g/mol. The van der Waals surface area contributed by atoms with Crippen molar-refractivity contribution in [3.63, 3.8) is 0 Å². The molecule has 0 atom stereocenters. The van der Waals surface area contributed by atoms with E-state index < -0.39 is 10.0 Å². The fourth-order valence-corrected chi connectivity index (χ4v) is 5.17. The van der Waals surface area contributed by atoms with Gasteiger partial charge >= 0.3 is 0 Å². The van der Waals surface area contributed by atoms with Crippen LogP contribution in [0.2, 0.25) is 0 Å². The molecule has 1 N–H and O–H groups in total. The Hall–Kier alpha value is -2.46. The Labute approximate surface area is 174 Å². The van der Waals surface area contributed by atoms with Crippen molar-refractivity contribution in [1.82, 2.24) is 9.29 Å². The maximum Gasteiger partial charge on any atom is 0.243 e. The summed E-state index contributed by atoms with van der Waals surface area (Å²) in [7, 11) is -1.86. The maximum absolute atomic E-state index is 12.7. The molecule has 1 saturated heterocycles. The van der Waals surface area contributed by atoms with Crippen LogP contribution in [0, 0.1) is 0 Å². The van der Waals surface area contributed by atoms with Gasteiger partial charge in [0.2, 0.25) is 10.0 Å². The molecule has 152 valence electrons. The van der Waals surface area contributed by atoms with Gasteiger partial charge in [0, 0.05) is 35.8 Å². The van der Waals surface area contributed by atoms with Crippen molar-refractivity contribution in [2.45, 2.75) is 4.90 Å². The quantitative estimate of drug-likeness (QED) is 0.643. The van der Waals surface area contributed by atoms with E-state index in [0.717, 1.165) is 27.8 Å². The Morgan fingerprint density at radius 2 is 1.90 bits per heavy atom. The molecule has 1 aromatic heterocycles. The number of ether oxygens (including phenoxy) is 2. The minimum absolute atomic E-state index is 0.285. The van der Waals surface area contributed by atoms with Gasteiger partial charge in [0.05, 0.1) is 30.9 Å². The summed E-state index contributed by atoms with van der Waals surface area (Å²) < 4.78 is 37.4. The molecule has 29 heavy (non-hydrogen) atoms. The van der Waals surface area contributed by atoms with Crippen molar-refractivity contribution in [3.8, 4) is 17.0 Å². The highest BCUT2D eigenvalue weighted by Crippen LogP contribution is 2.29. The number of anilines is 2. The zero-order valence-electron chi connectivity index (χ0n) is 15.9. The molecular formula is C20H21N3O4S2. The molecule has 3 aromatic rings. The monoisotopic (exact) mass is 431 g/mol. The van der Waals surface area contributed by atoms with Crippen LogP contribution in [-0.4, -0.2) is 51.1 Å². The Morgan fingerprint density at radius 1 is 1.14 bits per heavy atom. The first kappa shape index (κ1) is 19.8. The van der Waals surface area contributed by atoms with Crippen molar-refractivity contribution in [1.29, 1.82) is 0 Å². The summed E-state index contributed by atoms with van der Waals surface area (Å²) in [6, 6.07) is 14.5. The molecule has 1 fully saturated rings. The number of nitrogens with zero attached hydrogens (tertiary/aromatic N) is 2. The molecule has 9 heteroatoms. The van der Waals surface area contributed by atoms with Gasteiger partial charge < -0.3 is 14.8 Å². The Balaban J connectivity index is 1.49. The molecule has 2 heterocycles.